The van der Waals surface area contributed by atoms with E-state index in [0.29, 0.717) is 37.6 Å². The number of nitrogens with zero attached hydrogens (tertiary/aromatic N) is 4. The van der Waals surface area contributed by atoms with Crippen LogP contribution in [0.2, 0.25) is 0 Å². The Kier molecular flexibility index (Phi) is 8.95. The van der Waals surface area contributed by atoms with Crippen molar-refractivity contribution in [3.8, 4) is 11.4 Å². The van der Waals surface area contributed by atoms with E-state index in [1.54, 1.807) is 4.90 Å². The predicted molar refractivity (Wildman–Crippen MR) is 134 cm³/mol. The van der Waals surface area contributed by atoms with Gasteiger partial charge in [0.05, 0.1) is 12.8 Å². The fraction of sp³-hybridized carbons (Fsp3) is 0.519. The van der Waals surface area contributed by atoms with Crippen molar-refractivity contribution < 1.29 is 19.1 Å². The normalized spacial score (nSPS) is 15.9. The van der Waals surface area contributed by atoms with Gasteiger partial charge in [-0.3, -0.25) is 9.59 Å². The molecular weight excluding hydrogens is 444 g/mol. The van der Waals surface area contributed by atoms with Crippen LogP contribution < -0.4 is 0 Å². The molecule has 1 fully saturated rings. The second-order valence-corrected chi connectivity index (χ2v) is 9.31. The van der Waals surface area contributed by atoms with E-state index < -0.39 is 5.97 Å². The number of esters is 1. The maximum Gasteiger partial charge on any atom is 0.342 e. The number of methoxy groups -OCH3 is 1. The first-order valence-electron chi connectivity index (χ1n) is 12.4. The standard InChI is InChI=1S/C27H36N4O4/c1-6-7-9-14-21(32)31-16-15-30(17-19(31)4)26(33)24-22(27(34)35-5)23(18(2)3)28-25(29-24)20-12-10-8-11-13-20/h8,10-13,18-19H,6-7,9,14-17H2,1-5H3. The number of carbonyl (C=O) groups is 3. The number of carbonyl (C=O) groups excluding carboxylic acids is 3. The molecule has 0 saturated carbocycles. The largest absolute Gasteiger partial charge is 0.465 e. The van der Waals surface area contributed by atoms with Gasteiger partial charge in [-0.15, -0.1) is 0 Å². The van der Waals surface area contributed by atoms with Crippen LogP contribution in [-0.2, 0) is 9.53 Å². The van der Waals surface area contributed by atoms with Crippen molar-refractivity contribution in [2.24, 2.45) is 0 Å². The first kappa shape index (κ1) is 26.3. The molecule has 1 atom stereocenters. The SMILES string of the molecule is CCCCCC(=O)N1CCN(C(=O)c2nc(-c3ccccc3)nc(C(C)C)c2C(=O)OC)CC1C. The van der Waals surface area contributed by atoms with Crippen molar-refractivity contribution in [2.45, 2.75) is 65.3 Å². The molecule has 1 aliphatic rings. The molecule has 8 nitrogen and oxygen atoms in total. The van der Waals surface area contributed by atoms with E-state index in [1.165, 1.54) is 7.11 Å². The van der Waals surface area contributed by atoms with Gasteiger partial charge in [0.1, 0.15) is 11.3 Å². The summed E-state index contributed by atoms with van der Waals surface area (Å²) in [4.78, 5) is 52.0. The molecule has 0 bridgehead atoms. The summed E-state index contributed by atoms with van der Waals surface area (Å²) < 4.78 is 5.02. The van der Waals surface area contributed by atoms with Crippen LogP contribution in [0.3, 0.4) is 0 Å². The Morgan fingerprint density at radius 2 is 1.80 bits per heavy atom. The maximum atomic E-state index is 13.8. The molecule has 0 aliphatic carbocycles. The summed E-state index contributed by atoms with van der Waals surface area (Å²) in [5.41, 5.74) is 1.39. The molecule has 1 unspecified atom stereocenters. The number of amides is 2. The number of ether oxygens (including phenoxy) is 1. The zero-order valence-electron chi connectivity index (χ0n) is 21.4. The average molecular weight is 481 g/mol. The van der Waals surface area contributed by atoms with Crippen molar-refractivity contribution in [3.63, 3.8) is 0 Å². The lowest BCUT2D eigenvalue weighted by Gasteiger charge is -2.40. The van der Waals surface area contributed by atoms with Crippen molar-refractivity contribution in [2.75, 3.05) is 26.7 Å². The average Bonchev–Trinajstić information content (AvgIpc) is 2.87. The minimum atomic E-state index is -0.630. The lowest BCUT2D eigenvalue weighted by atomic mass is 10.00. The van der Waals surface area contributed by atoms with E-state index in [0.717, 1.165) is 24.8 Å². The fourth-order valence-electron chi connectivity index (χ4n) is 4.40. The highest BCUT2D eigenvalue weighted by atomic mass is 16.5. The summed E-state index contributed by atoms with van der Waals surface area (Å²) in [6.07, 6.45) is 3.51. The summed E-state index contributed by atoms with van der Waals surface area (Å²) >= 11 is 0. The highest BCUT2D eigenvalue weighted by molar-refractivity contribution is 6.05. The smallest absolute Gasteiger partial charge is 0.342 e. The fourth-order valence-corrected chi connectivity index (χ4v) is 4.40. The van der Waals surface area contributed by atoms with Crippen LogP contribution in [0.1, 0.15) is 85.8 Å². The summed E-state index contributed by atoms with van der Waals surface area (Å²) in [5.74, 6) is -0.587. The molecule has 0 spiro atoms. The Morgan fingerprint density at radius 1 is 1.09 bits per heavy atom. The number of piperazine rings is 1. The Morgan fingerprint density at radius 3 is 2.40 bits per heavy atom. The number of hydrogen-bond donors (Lipinski definition) is 0. The highest BCUT2D eigenvalue weighted by Crippen LogP contribution is 2.27. The number of aromatic nitrogens is 2. The van der Waals surface area contributed by atoms with E-state index in [2.05, 4.69) is 16.9 Å². The topological polar surface area (TPSA) is 92.7 Å². The molecule has 2 aromatic rings. The Bertz CT molecular complexity index is 1050. The van der Waals surface area contributed by atoms with Crippen LogP contribution >= 0.6 is 0 Å². The van der Waals surface area contributed by atoms with Crippen LogP contribution in [-0.4, -0.2) is 70.3 Å². The van der Waals surface area contributed by atoms with Gasteiger partial charge < -0.3 is 14.5 Å². The van der Waals surface area contributed by atoms with Crippen LogP contribution in [0.4, 0.5) is 0 Å². The first-order valence-corrected chi connectivity index (χ1v) is 12.4. The lowest BCUT2D eigenvalue weighted by Crippen LogP contribution is -2.55. The van der Waals surface area contributed by atoms with Crippen molar-refractivity contribution in [3.05, 3.63) is 47.3 Å². The molecule has 1 aliphatic heterocycles. The van der Waals surface area contributed by atoms with Gasteiger partial charge in [0, 0.05) is 37.7 Å². The van der Waals surface area contributed by atoms with Crippen LogP contribution in [0.5, 0.6) is 0 Å². The molecule has 8 heteroatoms. The molecule has 0 radical (unpaired) electrons. The molecule has 35 heavy (non-hydrogen) atoms. The summed E-state index contributed by atoms with van der Waals surface area (Å²) in [6, 6.07) is 9.27. The lowest BCUT2D eigenvalue weighted by molar-refractivity contribution is -0.135. The van der Waals surface area contributed by atoms with Crippen molar-refractivity contribution in [1.82, 2.24) is 19.8 Å². The molecular formula is C27H36N4O4. The number of rotatable bonds is 8. The predicted octanol–water partition coefficient (Wildman–Crippen LogP) is 4.31. The van der Waals surface area contributed by atoms with E-state index >= 15 is 0 Å². The van der Waals surface area contributed by atoms with E-state index in [4.69, 9.17) is 4.74 Å². The maximum absolute atomic E-state index is 13.8. The molecule has 2 heterocycles. The van der Waals surface area contributed by atoms with E-state index in [-0.39, 0.29) is 35.0 Å². The van der Waals surface area contributed by atoms with Gasteiger partial charge in [0.2, 0.25) is 5.91 Å². The monoisotopic (exact) mass is 480 g/mol. The summed E-state index contributed by atoms with van der Waals surface area (Å²) in [5, 5.41) is 0. The Labute approximate surface area is 207 Å². The molecule has 1 aromatic carbocycles. The summed E-state index contributed by atoms with van der Waals surface area (Å²) in [7, 11) is 1.29. The van der Waals surface area contributed by atoms with Crippen LogP contribution in [0.15, 0.2) is 30.3 Å². The molecule has 3 rings (SSSR count). The second kappa shape index (κ2) is 11.9. The third-order valence-corrected chi connectivity index (χ3v) is 6.34. The first-order chi connectivity index (χ1) is 16.8. The zero-order valence-corrected chi connectivity index (χ0v) is 21.4. The third-order valence-electron chi connectivity index (χ3n) is 6.34. The third kappa shape index (κ3) is 6.05. The minimum Gasteiger partial charge on any atom is -0.465 e. The van der Waals surface area contributed by atoms with Crippen LogP contribution in [0.25, 0.3) is 11.4 Å². The zero-order chi connectivity index (χ0) is 25.5. The van der Waals surface area contributed by atoms with Gasteiger partial charge in [0.25, 0.3) is 5.91 Å². The van der Waals surface area contributed by atoms with Crippen LogP contribution in [0, 0.1) is 0 Å². The molecule has 0 N–H and O–H groups in total. The van der Waals surface area contributed by atoms with E-state index in [9.17, 15) is 14.4 Å². The molecule has 2 amide bonds. The summed E-state index contributed by atoms with van der Waals surface area (Å²) in [6.45, 7) is 9.12. The minimum absolute atomic E-state index is 0.0457. The van der Waals surface area contributed by atoms with Gasteiger partial charge >= 0.3 is 5.97 Å². The van der Waals surface area contributed by atoms with Gasteiger partial charge in [-0.1, -0.05) is 63.9 Å². The van der Waals surface area contributed by atoms with Gasteiger partial charge in [-0.2, -0.15) is 0 Å². The number of unbranched alkanes of at least 4 members (excludes halogenated alkanes) is 2. The van der Waals surface area contributed by atoms with Crippen molar-refractivity contribution in [1.29, 1.82) is 0 Å². The van der Waals surface area contributed by atoms with Crippen molar-refractivity contribution >= 4 is 17.8 Å². The Balaban J connectivity index is 1.94. The Hall–Kier alpha value is -3.29. The van der Waals surface area contributed by atoms with Gasteiger partial charge in [-0.05, 0) is 19.3 Å². The highest BCUT2D eigenvalue weighted by Gasteiger charge is 2.34. The molecule has 188 valence electrons. The molecule has 1 saturated heterocycles. The van der Waals surface area contributed by atoms with Gasteiger partial charge in [-0.25, -0.2) is 14.8 Å². The quantitative estimate of drug-likeness (QED) is 0.413. The number of hydrogen-bond acceptors (Lipinski definition) is 6. The second-order valence-electron chi connectivity index (χ2n) is 9.31. The van der Waals surface area contributed by atoms with E-state index in [1.807, 2.05) is 56.0 Å². The molecule has 1 aromatic heterocycles. The van der Waals surface area contributed by atoms with Gasteiger partial charge in [0.15, 0.2) is 5.82 Å². The number of benzene rings is 1.